The number of Topliss-reactive ketones (excluding diaryl/α,β-unsaturated/α-hetero) is 1. The summed E-state index contributed by atoms with van der Waals surface area (Å²) in [5.74, 6) is 0.188. The molecule has 30 heavy (non-hydrogen) atoms. The first-order valence-electron chi connectivity index (χ1n) is 11.1. The summed E-state index contributed by atoms with van der Waals surface area (Å²) in [6.07, 6.45) is 6.11. The lowest BCUT2D eigenvalue weighted by molar-refractivity contribution is -0.131. The summed E-state index contributed by atoms with van der Waals surface area (Å²) >= 11 is 0. The van der Waals surface area contributed by atoms with E-state index in [2.05, 4.69) is 10.3 Å². The van der Waals surface area contributed by atoms with Crippen LogP contribution in [-0.4, -0.2) is 52.4 Å². The van der Waals surface area contributed by atoms with Crippen molar-refractivity contribution in [3.8, 4) is 0 Å². The van der Waals surface area contributed by atoms with E-state index in [1.54, 1.807) is 6.20 Å². The number of aryl methyl sites for hydroxylation is 1. The molecule has 3 atom stereocenters. The van der Waals surface area contributed by atoms with Gasteiger partial charge in [0.1, 0.15) is 5.82 Å². The average Bonchev–Trinajstić information content (AvgIpc) is 3.45. The number of hydrogen-bond donors (Lipinski definition) is 3. The molecule has 2 fully saturated rings. The summed E-state index contributed by atoms with van der Waals surface area (Å²) in [6.45, 7) is 6.71. The van der Waals surface area contributed by atoms with Crippen molar-refractivity contribution in [1.82, 2.24) is 10.3 Å². The maximum atomic E-state index is 13.0. The molecule has 1 aliphatic heterocycles. The van der Waals surface area contributed by atoms with Gasteiger partial charge in [-0.05, 0) is 49.7 Å². The third-order valence-corrected chi connectivity index (χ3v) is 6.13. The van der Waals surface area contributed by atoms with E-state index in [1.165, 1.54) is 0 Å². The van der Waals surface area contributed by atoms with Crippen LogP contribution in [0.2, 0.25) is 0 Å². The van der Waals surface area contributed by atoms with E-state index in [9.17, 15) is 19.6 Å². The highest BCUT2D eigenvalue weighted by molar-refractivity contribution is 6.43. The Morgan fingerprint density at radius 2 is 2.00 bits per heavy atom. The topological polar surface area (TPSA) is 103 Å². The molecule has 7 nitrogen and oxygen atoms in total. The van der Waals surface area contributed by atoms with Gasteiger partial charge < -0.3 is 20.3 Å². The summed E-state index contributed by atoms with van der Waals surface area (Å²) in [5.41, 5.74) is 1.07. The molecule has 164 valence electrons. The monoisotopic (exact) mass is 415 g/mol. The predicted molar refractivity (Wildman–Crippen MR) is 117 cm³/mol. The number of carbonyl (C=O) groups is 2. The SMILES string of the molecule is Cc1ccc(N2CC[C@H]2C(=O)C[C@@H](CC2CC2)C(=O)N[C@@H](CC(C)C)B(O)O)nc1. The number of carbonyl (C=O) groups excluding carboxylic acids is 2. The molecule has 1 saturated carbocycles. The first-order chi connectivity index (χ1) is 14.2. The van der Waals surface area contributed by atoms with E-state index in [0.717, 1.165) is 37.2 Å². The van der Waals surface area contributed by atoms with E-state index in [1.807, 2.05) is 37.8 Å². The molecule has 0 unspecified atom stereocenters. The highest BCUT2D eigenvalue weighted by Gasteiger charge is 2.39. The third kappa shape index (κ3) is 6.05. The minimum absolute atomic E-state index is 0.0642. The Balaban J connectivity index is 1.63. The number of pyridine rings is 1. The lowest BCUT2D eigenvalue weighted by Gasteiger charge is -2.41. The molecule has 1 saturated heterocycles. The first kappa shape index (κ1) is 22.8. The van der Waals surface area contributed by atoms with Crippen LogP contribution in [0.4, 0.5) is 5.82 Å². The van der Waals surface area contributed by atoms with Crippen LogP contribution in [0.25, 0.3) is 0 Å². The summed E-state index contributed by atoms with van der Waals surface area (Å²) in [5, 5.41) is 22.1. The van der Waals surface area contributed by atoms with Crippen LogP contribution in [0.1, 0.15) is 57.9 Å². The zero-order chi connectivity index (χ0) is 21.8. The van der Waals surface area contributed by atoms with Gasteiger partial charge in [0.2, 0.25) is 5.91 Å². The fourth-order valence-electron chi connectivity index (χ4n) is 4.11. The van der Waals surface area contributed by atoms with Crippen LogP contribution in [-0.2, 0) is 9.59 Å². The second-order valence-electron chi connectivity index (χ2n) is 9.40. The minimum atomic E-state index is -1.61. The fraction of sp³-hybridized carbons (Fsp3) is 0.682. The van der Waals surface area contributed by atoms with Crippen molar-refractivity contribution in [2.75, 3.05) is 11.4 Å². The Labute approximate surface area is 179 Å². The van der Waals surface area contributed by atoms with Crippen LogP contribution < -0.4 is 10.2 Å². The Kier molecular flexibility index (Phi) is 7.52. The number of amides is 1. The summed E-state index contributed by atoms with van der Waals surface area (Å²) in [7, 11) is -1.61. The largest absolute Gasteiger partial charge is 0.475 e. The Hall–Kier alpha value is -1.93. The first-order valence-corrected chi connectivity index (χ1v) is 11.1. The Morgan fingerprint density at radius 3 is 2.50 bits per heavy atom. The van der Waals surface area contributed by atoms with Gasteiger partial charge in [0.05, 0.1) is 12.0 Å². The molecule has 3 rings (SSSR count). The number of ketones is 1. The van der Waals surface area contributed by atoms with Crippen molar-refractivity contribution in [3.05, 3.63) is 23.9 Å². The van der Waals surface area contributed by atoms with Crippen LogP contribution >= 0.6 is 0 Å². The van der Waals surface area contributed by atoms with Gasteiger partial charge in [-0.25, -0.2) is 4.98 Å². The summed E-state index contributed by atoms with van der Waals surface area (Å²) in [4.78, 5) is 32.4. The zero-order valence-corrected chi connectivity index (χ0v) is 18.3. The van der Waals surface area contributed by atoms with Crippen molar-refractivity contribution in [2.24, 2.45) is 17.8 Å². The molecular weight excluding hydrogens is 381 g/mol. The Bertz CT molecular complexity index is 736. The fourth-order valence-corrected chi connectivity index (χ4v) is 4.11. The second-order valence-corrected chi connectivity index (χ2v) is 9.40. The van der Waals surface area contributed by atoms with Gasteiger partial charge in [-0.1, -0.05) is 32.8 Å². The van der Waals surface area contributed by atoms with Crippen molar-refractivity contribution in [2.45, 2.75) is 71.3 Å². The smallest absolute Gasteiger partial charge is 0.426 e. The third-order valence-electron chi connectivity index (χ3n) is 6.13. The highest BCUT2D eigenvalue weighted by atomic mass is 16.4. The van der Waals surface area contributed by atoms with E-state index >= 15 is 0 Å². The second kappa shape index (κ2) is 9.92. The van der Waals surface area contributed by atoms with Crippen molar-refractivity contribution >= 4 is 24.6 Å². The Morgan fingerprint density at radius 1 is 1.27 bits per heavy atom. The van der Waals surface area contributed by atoms with Gasteiger partial charge in [0.25, 0.3) is 0 Å². The van der Waals surface area contributed by atoms with Crippen LogP contribution in [0, 0.1) is 24.7 Å². The average molecular weight is 415 g/mol. The molecule has 3 N–H and O–H groups in total. The molecule has 8 heteroatoms. The van der Waals surface area contributed by atoms with E-state index in [4.69, 9.17) is 0 Å². The van der Waals surface area contributed by atoms with E-state index < -0.39 is 19.0 Å². The van der Waals surface area contributed by atoms with Crippen LogP contribution in [0.3, 0.4) is 0 Å². The van der Waals surface area contributed by atoms with E-state index in [-0.39, 0.29) is 30.1 Å². The molecule has 0 aromatic carbocycles. The van der Waals surface area contributed by atoms with Gasteiger partial charge in [0, 0.05) is 25.1 Å². The number of nitrogens with zero attached hydrogens (tertiary/aromatic N) is 2. The molecule has 1 amide bonds. The standard InChI is InChI=1S/C22H34BN3O4/c1-14(2)10-20(23(29)30)25-22(28)17(11-16-5-6-16)12-19(27)18-8-9-26(18)21-7-4-15(3)13-24-21/h4,7,13-14,16-18,20,29-30H,5-6,8-12H2,1-3H3,(H,25,28)/t17-,18+,20+/m1/s1. The predicted octanol–water partition coefficient (Wildman–Crippen LogP) is 1.89. The molecule has 2 heterocycles. The van der Waals surface area contributed by atoms with Gasteiger partial charge in [-0.3, -0.25) is 9.59 Å². The van der Waals surface area contributed by atoms with Crippen LogP contribution in [0.5, 0.6) is 0 Å². The quantitative estimate of drug-likeness (QED) is 0.477. The molecule has 0 bridgehead atoms. The maximum Gasteiger partial charge on any atom is 0.475 e. The van der Waals surface area contributed by atoms with Gasteiger partial charge >= 0.3 is 7.12 Å². The molecule has 1 aromatic heterocycles. The lowest BCUT2D eigenvalue weighted by Crippen LogP contribution is -2.54. The summed E-state index contributed by atoms with van der Waals surface area (Å²) in [6, 6.07) is 3.69. The number of aromatic nitrogens is 1. The van der Waals surface area contributed by atoms with Crippen LogP contribution in [0.15, 0.2) is 18.3 Å². The van der Waals surface area contributed by atoms with Crippen molar-refractivity contribution < 1.29 is 19.6 Å². The number of anilines is 1. The van der Waals surface area contributed by atoms with E-state index in [0.29, 0.717) is 18.8 Å². The molecule has 0 spiro atoms. The number of nitrogens with one attached hydrogen (secondary N) is 1. The van der Waals surface area contributed by atoms with Crippen molar-refractivity contribution in [3.63, 3.8) is 0 Å². The lowest BCUT2D eigenvalue weighted by atomic mass is 9.74. The highest BCUT2D eigenvalue weighted by Crippen LogP contribution is 2.37. The number of rotatable bonds is 11. The van der Waals surface area contributed by atoms with Gasteiger partial charge in [-0.15, -0.1) is 0 Å². The van der Waals surface area contributed by atoms with Crippen molar-refractivity contribution in [1.29, 1.82) is 0 Å². The summed E-state index contributed by atoms with van der Waals surface area (Å²) < 4.78 is 0. The molecule has 0 radical (unpaired) electrons. The minimum Gasteiger partial charge on any atom is -0.426 e. The van der Waals surface area contributed by atoms with Gasteiger partial charge in [0.15, 0.2) is 5.78 Å². The number of hydrogen-bond acceptors (Lipinski definition) is 6. The maximum absolute atomic E-state index is 13.0. The zero-order valence-electron chi connectivity index (χ0n) is 18.3. The normalized spacial score (nSPS) is 20.5. The molecule has 1 aromatic rings. The molecular formula is C22H34BN3O4. The molecule has 2 aliphatic rings. The van der Waals surface area contributed by atoms with Gasteiger partial charge in [-0.2, -0.15) is 0 Å². The molecule has 1 aliphatic carbocycles.